The lowest BCUT2D eigenvalue weighted by atomic mass is 9.82. The molecule has 0 saturated carbocycles. The van der Waals surface area contributed by atoms with Crippen molar-refractivity contribution in [3.05, 3.63) is 82.4 Å². The van der Waals surface area contributed by atoms with Gasteiger partial charge in [-0.2, -0.15) is 0 Å². The molecule has 1 aliphatic heterocycles. The van der Waals surface area contributed by atoms with E-state index in [1.54, 1.807) is 49.1 Å². The number of likely N-dealkylation sites (N-methyl/N-ethyl adjacent to an activating group) is 1. The number of para-hydroxylation sites is 1. The molecule has 0 fully saturated rings. The number of rotatable bonds is 8. The Kier molecular flexibility index (Phi) is 6.07. The number of aryl methyl sites for hydroxylation is 1. The van der Waals surface area contributed by atoms with Gasteiger partial charge in [-0.25, -0.2) is 4.68 Å². The number of fused-ring (bicyclic) bond motifs is 2. The van der Waals surface area contributed by atoms with Gasteiger partial charge >= 0.3 is 0 Å². The molecule has 1 aliphatic rings. The molecule has 10 heteroatoms. The second-order valence-electron chi connectivity index (χ2n) is 9.08. The van der Waals surface area contributed by atoms with E-state index in [-0.39, 0.29) is 12.2 Å². The molecule has 36 heavy (non-hydrogen) atoms. The molecule has 186 valence electrons. The van der Waals surface area contributed by atoms with Gasteiger partial charge in [0, 0.05) is 44.3 Å². The average Bonchev–Trinajstić information content (AvgIpc) is 3.53. The van der Waals surface area contributed by atoms with Crippen LogP contribution in [0.1, 0.15) is 24.6 Å². The predicted molar refractivity (Wildman–Crippen MR) is 135 cm³/mol. The summed E-state index contributed by atoms with van der Waals surface area (Å²) in [6.45, 7) is 2.40. The molecule has 0 unspecified atom stereocenters. The smallest absolute Gasteiger partial charge is 0.279 e. The number of nitrogens with one attached hydrogen (secondary N) is 1. The third-order valence-corrected chi connectivity index (χ3v) is 6.80. The highest BCUT2D eigenvalue weighted by atomic mass is 16.3. The van der Waals surface area contributed by atoms with Crippen LogP contribution >= 0.6 is 0 Å². The Morgan fingerprint density at radius 2 is 2.00 bits per heavy atom. The standard InChI is InChI=1S/C26H28N6O4/c1-17(7-5-6-13-31-16-18(12-14-33)27-29-31)26(36)21-15-19(10-11-23(21)30(2)25(26)35)32-24(34)20-8-3-4-9-22(20)28-32/h3-5,7-11,15-17,28,33,36H,6,12-14H2,1-2H3/b7-5+/t17-,26+/m1/s1. The molecular formula is C26H28N6O4. The van der Waals surface area contributed by atoms with Crippen LogP contribution in [0, 0.1) is 5.92 Å². The largest absolute Gasteiger partial charge is 0.396 e. The van der Waals surface area contributed by atoms with Crippen molar-refractivity contribution in [1.82, 2.24) is 24.8 Å². The lowest BCUT2D eigenvalue weighted by Crippen LogP contribution is -2.43. The van der Waals surface area contributed by atoms with E-state index >= 15 is 0 Å². The molecular weight excluding hydrogens is 460 g/mol. The number of aromatic amines is 1. The Bertz CT molecular complexity index is 1520. The van der Waals surface area contributed by atoms with Gasteiger partial charge in [-0.3, -0.25) is 19.4 Å². The normalized spacial score (nSPS) is 18.4. The summed E-state index contributed by atoms with van der Waals surface area (Å²) < 4.78 is 3.13. The fourth-order valence-corrected chi connectivity index (χ4v) is 4.75. The SMILES string of the molecule is C[C@H](/C=C/CCn1cc(CCO)nn1)[C@@]1(O)C(=O)N(C)c2ccc(-n3[nH]c4ccccc4c3=O)cc21. The number of hydrogen-bond acceptors (Lipinski definition) is 6. The number of anilines is 1. The molecule has 2 aromatic carbocycles. The van der Waals surface area contributed by atoms with E-state index in [4.69, 9.17) is 5.11 Å². The summed E-state index contributed by atoms with van der Waals surface area (Å²) in [7, 11) is 1.64. The van der Waals surface area contributed by atoms with Crippen LogP contribution in [0.2, 0.25) is 0 Å². The van der Waals surface area contributed by atoms with Gasteiger partial charge in [0.1, 0.15) is 0 Å². The maximum absolute atomic E-state index is 13.2. The van der Waals surface area contributed by atoms with Crippen LogP contribution < -0.4 is 10.5 Å². The van der Waals surface area contributed by atoms with Gasteiger partial charge in [0.25, 0.3) is 11.5 Å². The van der Waals surface area contributed by atoms with Crippen LogP contribution in [0.15, 0.2) is 65.6 Å². The average molecular weight is 489 g/mol. The number of H-pyrrole nitrogens is 1. The molecule has 0 radical (unpaired) electrons. The molecule has 1 amide bonds. The number of aromatic nitrogens is 5. The summed E-state index contributed by atoms with van der Waals surface area (Å²) in [5, 5.41) is 32.4. The molecule has 5 rings (SSSR count). The number of nitrogens with zero attached hydrogens (tertiary/aromatic N) is 5. The summed E-state index contributed by atoms with van der Waals surface area (Å²) in [5.74, 6) is -0.940. The van der Waals surface area contributed by atoms with Crippen molar-refractivity contribution in [3.8, 4) is 5.69 Å². The van der Waals surface area contributed by atoms with Gasteiger partial charge in [-0.05, 0) is 36.8 Å². The lowest BCUT2D eigenvalue weighted by Gasteiger charge is -2.27. The van der Waals surface area contributed by atoms with Crippen LogP contribution in [0.5, 0.6) is 0 Å². The van der Waals surface area contributed by atoms with E-state index in [0.717, 1.165) is 5.69 Å². The van der Waals surface area contributed by atoms with Crippen molar-refractivity contribution >= 4 is 22.5 Å². The Hall–Kier alpha value is -4.02. The summed E-state index contributed by atoms with van der Waals surface area (Å²) in [6, 6.07) is 12.5. The fraction of sp³-hybridized carbons (Fsp3) is 0.308. The zero-order valence-electron chi connectivity index (χ0n) is 20.1. The van der Waals surface area contributed by atoms with E-state index in [9.17, 15) is 14.7 Å². The maximum Gasteiger partial charge on any atom is 0.279 e. The first-order valence-corrected chi connectivity index (χ1v) is 11.9. The molecule has 0 aliphatic carbocycles. The zero-order chi connectivity index (χ0) is 25.4. The number of allylic oxidation sites excluding steroid dienone is 1. The van der Waals surface area contributed by atoms with Crippen LogP contribution in [-0.4, -0.2) is 54.5 Å². The quantitative estimate of drug-likeness (QED) is 0.325. The molecule has 0 spiro atoms. The third kappa shape index (κ3) is 3.84. The summed E-state index contributed by atoms with van der Waals surface area (Å²) in [5.41, 5.74) is 1.07. The molecule has 0 bridgehead atoms. The lowest BCUT2D eigenvalue weighted by molar-refractivity contribution is -0.139. The van der Waals surface area contributed by atoms with Gasteiger partial charge in [0.15, 0.2) is 5.60 Å². The minimum atomic E-state index is -1.77. The number of amides is 1. The first kappa shape index (κ1) is 23.7. The van der Waals surface area contributed by atoms with Gasteiger partial charge in [0.2, 0.25) is 0 Å². The molecule has 10 nitrogen and oxygen atoms in total. The van der Waals surface area contributed by atoms with Gasteiger partial charge in [0.05, 0.1) is 28.0 Å². The number of benzene rings is 2. The molecule has 3 heterocycles. The van der Waals surface area contributed by atoms with Crippen molar-refractivity contribution in [2.24, 2.45) is 5.92 Å². The predicted octanol–water partition coefficient (Wildman–Crippen LogP) is 1.89. The van der Waals surface area contributed by atoms with Crippen molar-refractivity contribution in [1.29, 1.82) is 0 Å². The minimum absolute atomic E-state index is 0.0231. The van der Waals surface area contributed by atoms with E-state index < -0.39 is 17.4 Å². The van der Waals surface area contributed by atoms with Crippen LogP contribution in [0.3, 0.4) is 0 Å². The van der Waals surface area contributed by atoms with E-state index in [1.165, 1.54) is 9.58 Å². The van der Waals surface area contributed by atoms with E-state index in [2.05, 4.69) is 15.4 Å². The molecule has 3 N–H and O–H groups in total. The number of carbonyl (C=O) groups is 1. The Morgan fingerprint density at radius 1 is 1.19 bits per heavy atom. The van der Waals surface area contributed by atoms with Gasteiger partial charge in [-0.15, -0.1) is 5.10 Å². The number of aliphatic hydroxyl groups excluding tert-OH is 1. The summed E-state index contributed by atoms with van der Waals surface area (Å²) in [6.07, 6.45) is 6.62. The zero-order valence-corrected chi connectivity index (χ0v) is 20.1. The summed E-state index contributed by atoms with van der Waals surface area (Å²) >= 11 is 0. The Morgan fingerprint density at radius 3 is 2.78 bits per heavy atom. The third-order valence-electron chi connectivity index (χ3n) is 6.80. The first-order valence-electron chi connectivity index (χ1n) is 11.9. The maximum atomic E-state index is 13.2. The van der Waals surface area contributed by atoms with Crippen LogP contribution in [0.4, 0.5) is 5.69 Å². The van der Waals surface area contributed by atoms with E-state index in [0.29, 0.717) is 47.2 Å². The number of carbonyl (C=O) groups excluding carboxylic acids is 1. The van der Waals surface area contributed by atoms with Crippen molar-refractivity contribution in [3.63, 3.8) is 0 Å². The molecule has 2 atom stereocenters. The highest BCUT2D eigenvalue weighted by Gasteiger charge is 2.51. The molecule has 2 aromatic heterocycles. The highest BCUT2D eigenvalue weighted by molar-refractivity contribution is 6.07. The van der Waals surface area contributed by atoms with Crippen molar-refractivity contribution in [2.75, 3.05) is 18.6 Å². The number of hydrogen-bond donors (Lipinski definition) is 3. The van der Waals surface area contributed by atoms with Gasteiger partial charge in [-0.1, -0.05) is 36.4 Å². The second kappa shape index (κ2) is 9.21. The fourth-order valence-electron chi connectivity index (χ4n) is 4.75. The monoisotopic (exact) mass is 488 g/mol. The Balaban J connectivity index is 1.41. The number of aliphatic hydroxyl groups is 2. The Labute approximate surface area is 207 Å². The second-order valence-corrected chi connectivity index (χ2v) is 9.08. The van der Waals surface area contributed by atoms with Crippen LogP contribution in [0.25, 0.3) is 16.6 Å². The topological polar surface area (TPSA) is 129 Å². The van der Waals surface area contributed by atoms with Crippen molar-refractivity contribution in [2.45, 2.75) is 31.9 Å². The molecule has 4 aromatic rings. The van der Waals surface area contributed by atoms with Crippen molar-refractivity contribution < 1.29 is 15.0 Å². The first-order chi connectivity index (χ1) is 17.3. The molecule has 0 saturated heterocycles. The van der Waals surface area contributed by atoms with E-state index in [1.807, 2.05) is 30.4 Å². The van der Waals surface area contributed by atoms with Crippen LogP contribution in [-0.2, 0) is 23.4 Å². The minimum Gasteiger partial charge on any atom is -0.396 e. The van der Waals surface area contributed by atoms with Gasteiger partial charge < -0.3 is 15.1 Å². The highest BCUT2D eigenvalue weighted by Crippen LogP contribution is 2.45. The summed E-state index contributed by atoms with van der Waals surface area (Å²) in [4.78, 5) is 27.6.